The van der Waals surface area contributed by atoms with Crippen molar-refractivity contribution in [3.63, 3.8) is 0 Å². The van der Waals surface area contributed by atoms with Crippen molar-refractivity contribution in [1.82, 2.24) is 14.7 Å². The lowest BCUT2D eigenvalue weighted by Crippen LogP contribution is -2.60. The average Bonchev–Trinajstić information content (AvgIpc) is 3.17. The Morgan fingerprint density at radius 2 is 1.67 bits per heavy atom. The van der Waals surface area contributed by atoms with Crippen LogP contribution in [0.5, 0.6) is 0 Å². The lowest BCUT2D eigenvalue weighted by Gasteiger charge is -2.44. The Morgan fingerprint density at radius 1 is 1.00 bits per heavy atom. The van der Waals surface area contributed by atoms with Crippen molar-refractivity contribution in [1.29, 1.82) is 0 Å². The number of nitrogens with zero attached hydrogens (tertiary/aromatic N) is 3. The van der Waals surface area contributed by atoms with E-state index >= 15 is 4.39 Å². The molecule has 2 aliphatic heterocycles. The molecule has 2 saturated heterocycles. The first-order valence-electron chi connectivity index (χ1n) is 16.1. The van der Waals surface area contributed by atoms with E-state index in [1.165, 1.54) is 44.6 Å². The highest BCUT2D eigenvalue weighted by atomic mass is 35.5. The van der Waals surface area contributed by atoms with Crippen LogP contribution < -0.4 is 0 Å². The number of esters is 1. The average molecular weight is 606 g/mol. The second kappa shape index (κ2) is 13.5. The summed E-state index contributed by atoms with van der Waals surface area (Å²) < 4.78 is 21.1. The molecule has 0 unspecified atom stereocenters. The van der Waals surface area contributed by atoms with E-state index in [9.17, 15) is 9.59 Å². The molecule has 1 aromatic carbocycles. The van der Waals surface area contributed by atoms with Gasteiger partial charge in [-0.25, -0.2) is 4.39 Å². The number of rotatable bonds is 6. The molecule has 3 fully saturated rings. The van der Waals surface area contributed by atoms with Crippen molar-refractivity contribution in [2.75, 3.05) is 32.7 Å². The lowest BCUT2D eigenvalue weighted by molar-refractivity contribution is -0.164. The fourth-order valence-electron chi connectivity index (χ4n) is 7.21. The van der Waals surface area contributed by atoms with Gasteiger partial charge in [0.25, 0.3) is 0 Å². The summed E-state index contributed by atoms with van der Waals surface area (Å²) in [5.41, 5.74) is -0.126. The number of halogens is 2. The van der Waals surface area contributed by atoms with Crippen molar-refractivity contribution in [3.8, 4) is 0 Å². The van der Waals surface area contributed by atoms with Crippen molar-refractivity contribution < 1.29 is 18.7 Å². The third-order valence-corrected chi connectivity index (χ3v) is 9.78. The zero-order valence-corrected chi connectivity index (χ0v) is 27.7. The predicted molar refractivity (Wildman–Crippen MR) is 167 cm³/mol. The molecule has 6 nitrogen and oxygen atoms in total. The molecular weight excluding hydrogens is 553 g/mol. The van der Waals surface area contributed by atoms with Crippen molar-refractivity contribution in [3.05, 3.63) is 34.6 Å². The number of piperazine rings is 1. The Bertz CT molecular complexity index is 1090. The number of hydrogen-bond donors (Lipinski definition) is 0. The van der Waals surface area contributed by atoms with Crippen LogP contribution in [0.25, 0.3) is 0 Å². The summed E-state index contributed by atoms with van der Waals surface area (Å²) in [7, 11) is 0. The second-order valence-electron chi connectivity index (χ2n) is 15.0. The SMILES string of the molecule is C[C@H]1CN([C@@H](CC2CCCCCC2)C(=O)OC(C)(C)C)CCN1C(=O)[C@@H]1CN(C(C)(C)C)C[C@H]1c1ccc(Cl)cc1F. The first kappa shape index (κ1) is 33.2. The van der Waals surface area contributed by atoms with E-state index in [0.717, 1.165) is 6.42 Å². The molecule has 4 atom stereocenters. The molecule has 1 amide bonds. The third kappa shape index (κ3) is 8.26. The van der Waals surface area contributed by atoms with E-state index in [4.69, 9.17) is 16.3 Å². The zero-order chi connectivity index (χ0) is 30.8. The summed E-state index contributed by atoms with van der Waals surface area (Å²) in [4.78, 5) is 34.3. The van der Waals surface area contributed by atoms with Crippen LogP contribution in [0.1, 0.15) is 105 Å². The maximum absolute atomic E-state index is 15.2. The summed E-state index contributed by atoms with van der Waals surface area (Å²) in [5.74, 6) is -0.487. The molecule has 0 radical (unpaired) electrons. The molecule has 0 N–H and O–H groups in total. The lowest BCUT2D eigenvalue weighted by atomic mass is 9.87. The van der Waals surface area contributed by atoms with Crippen LogP contribution in [-0.4, -0.2) is 82.5 Å². The number of amides is 1. The summed E-state index contributed by atoms with van der Waals surface area (Å²) in [5, 5.41) is 0.359. The Hall–Kier alpha value is -1.70. The third-order valence-electron chi connectivity index (χ3n) is 9.54. The van der Waals surface area contributed by atoms with Gasteiger partial charge in [0.05, 0.1) is 5.92 Å². The van der Waals surface area contributed by atoms with Gasteiger partial charge in [0.1, 0.15) is 17.5 Å². The number of ether oxygens (including phenoxy) is 1. The van der Waals surface area contributed by atoms with Crippen molar-refractivity contribution >= 4 is 23.5 Å². The van der Waals surface area contributed by atoms with Crippen LogP contribution in [0.3, 0.4) is 0 Å². The Morgan fingerprint density at radius 3 is 2.24 bits per heavy atom. The number of carbonyl (C=O) groups excluding carboxylic acids is 2. The molecule has 1 aliphatic carbocycles. The normalized spacial score (nSPS) is 26.2. The van der Waals surface area contributed by atoms with Gasteiger partial charge >= 0.3 is 5.97 Å². The van der Waals surface area contributed by atoms with Crippen molar-refractivity contribution in [2.45, 2.75) is 123 Å². The quantitative estimate of drug-likeness (QED) is 0.261. The highest BCUT2D eigenvalue weighted by Crippen LogP contribution is 2.39. The fraction of sp³-hybridized carbons (Fsp3) is 0.765. The highest BCUT2D eigenvalue weighted by molar-refractivity contribution is 6.30. The van der Waals surface area contributed by atoms with Gasteiger partial charge in [0, 0.05) is 55.2 Å². The molecule has 1 aromatic rings. The number of carbonyl (C=O) groups is 2. The molecule has 42 heavy (non-hydrogen) atoms. The van der Waals surface area contributed by atoms with Gasteiger partial charge in [-0.2, -0.15) is 0 Å². The molecule has 0 aromatic heterocycles. The van der Waals surface area contributed by atoms with Crippen LogP contribution >= 0.6 is 11.6 Å². The first-order chi connectivity index (χ1) is 19.6. The maximum Gasteiger partial charge on any atom is 0.323 e. The molecule has 0 bridgehead atoms. The monoisotopic (exact) mass is 605 g/mol. The maximum atomic E-state index is 15.2. The Kier molecular flexibility index (Phi) is 10.7. The summed E-state index contributed by atoms with van der Waals surface area (Å²) in [6, 6.07) is 4.45. The zero-order valence-electron chi connectivity index (χ0n) is 26.9. The minimum absolute atomic E-state index is 0.0651. The van der Waals surface area contributed by atoms with E-state index in [0.29, 0.717) is 49.2 Å². The van der Waals surface area contributed by atoms with Crippen LogP contribution in [0.15, 0.2) is 18.2 Å². The smallest absolute Gasteiger partial charge is 0.323 e. The molecule has 1 saturated carbocycles. The summed E-state index contributed by atoms with van der Waals surface area (Å²) >= 11 is 6.07. The second-order valence-corrected chi connectivity index (χ2v) is 15.4. The molecule has 3 aliphatic rings. The number of likely N-dealkylation sites (tertiary alicyclic amines) is 1. The minimum Gasteiger partial charge on any atom is -0.459 e. The van der Waals surface area contributed by atoms with Crippen LogP contribution in [0, 0.1) is 17.7 Å². The van der Waals surface area contributed by atoms with E-state index in [2.05, 4.69) is 37.5 Å². The van der Waals surface area contributed by atoms with Gasteiger partial charge < -0.3 is 9.64 Å². The largest absolute Gasteiger partial charge is 0.459 e. The van der Waals surface area contributed by atoms with Gasteiger partial charge in [-0.15, -0.1) is 0 Å². The minimum atomic E-state index is -0.546. The molecule has 4 rings (SSSR count). The highest BCUT2D eigenvalue weighted by Gasteiger charge is 2.46. The topological polar surface area (TPSA) is 53.1 Å². The molecular formula is C34H53ClFN3O3. The van der Waals surface area contributed by atoms with Crippen LogP contribution in [-0.2, 0) is 14.3 Å². The first-order valence-corrected chi connectivity index (χ1v) is 16.5. The van der Waals surface area contributed by atoms with Gasteiger partial charge in [0.2, 0.25) is 5.91 Å². The van der Waals surface area contributed by atoms with E-state index < -0.39 is 5.60 Å². The van der Waals surface area contributed by atoms with Crippen LogP contribution in [0.4, 0.5) is 4.39 Å². The predicted octanol–water partition coefficient (Wildman–Crippen LogP) is 6.90. The molecule has 236 valence electrons. The van der Waals surface area contributed by atoms with E-state index in [1.54, 1.807) is 12.1 Å². The van der Waals surface area contributed by atoms with E-state index in [1.807, 2.05) is 25.7 Å². The van der Waals surface area contributed by atoms with E-state index in [-0.39, 0.29) is 47.2 Å². The fourth-order valence-corrected chi connectivity index (χ4v) is 7.37. The molecule has 2 heterocycles. The number of hydrogen-bond acceptors (Lipinski definition) is 5. The van der Waals surface area contributed by atoms with Crippen LogP contribution in [0.2, 0.25) is 5.02 Å². The number of benzene rings is 1. The van der Waals surface area contributed by atoms with Gasteiger partial charge in [-0.3, -0.25) is 19.4 Å². The summed E-state index contributed by atoms with van der Waals surface area (Å²) in [6.07, 6.45) is 8.17. The standard InChI is InChI=1S/C34H53ClFN3O3/c1-23-20-37(30(32(41)42-34(5,6)7)18-24-12-10-8-9-11-13-24)16-17-39(23)31(40)28-22-38(33(2,3)4)21-27(28)26-15-14-25(35)19-29(26)36/h14-15,19,23-24,27-28,30H,8-13,16-18,20-22H2,1-7H3/t23-,27-,28+,30-/m0/s1. The van der Waals surface area contributed by atoms with Gasteiger partial charge in [-0.1, -0.05) is 56.2 Å². The van der Waals surface area contributed by atoms with Gasteiger partial charge in [0.15, 0.2) is 0 Å². The Balaban J connectivity index is 1.51. The van der Waals surface area contributed by atoms with Crippen molar-refractivity contribution in [2.24, 2.45) is 11.8 Å². The molecule has 8 heteroatoms. The Labute approximate surface area is 258 Å². The summed E-state index contributed by atoms with van der Waals surface area (Å²) in [6.45, 7) is 17.3. The van der Waals surface area contributed by atoms with Gasteiger partial charge in [-0.05, 0) is 78.5 Å². The molecule has 0 spiro atoms.